The molecule has 0 fully saturated rings. The molecule has 1 amide bonds. The van der Waals surface area contributed by atoms with Gasteiger partial charge < -0.3 is 14.8 Å². The van der Waals surface area contributed by atoms with Gasteiger partial charge in [-0.25, -0.2) is 15.2 Å². The van der Waals surface area contributed by atoms with E-state index < -0.39 is 5.97 Å². The number of methoxy groups -OCH3 is 1. The summed E-state index contributed by atoms with van der Waals surface area (Å²) in [7, 11) is 1.63. The van der Waals surface area contributed by atoms with Crippen LogP contribution in [0.2, 0.25) is 0 Å². The molecule has 4 rings (SSSR count). The van der Waals surface area contributed by atoms with Crippen LogP contribution in [0, 0.1) is 0 Å². The average Bonchev–Trinajstić information content (AvgIpc) is 3.21. The maximum absolute atomic E-state index is 12.4. The Hall–Kier alpha value is -4.46. The summed E-state index contributed by atoms with van der Waals surface area (Å²) in [5.74, 6) is 0.235. The van der Waals surface area contributed by atoms with Crippen molar-refractivity contribution in [3.05, 3.63) is 94.8 Å². The summed E-state index contributed by atoms with van der Waals surface area (Å²) in [4.78, 5) is 31.1. The number of imidazole rings is 1. The second-order valence-electron chi connectivity index (χ2n) is 7.07. The molecule has 0 radical (unpaired) electrons. The highest BCUT2D eigenvalue weighted by Crippen LogP contribution is 2.18. The van der Waals surface area contributed by atoms with Gasteiger partial charge >= 0.3 is 5.97 Å². The van der Waals surface area contributed by atoms with Gasteiger partial charge in [-0.2, -0.15) is 5.10 Å². The Morgan fingerprint density at radius 3 is 2.47 bits per heavy atom. The van der Waals surface area contributed by atoms with Crippen molar-refractivity contribution < 1.29 is 19.4 Å². The quantitative estimate of drug-likeness (QED) is 0.307. The van der Waals surface area contributed by atoms with E-state index in [1.165, 1.54) is 18.3 Å². The van der Waals surface area contributed by atoms with Gasteiger partial charge in [0.15, 0.2) is 0 Å². The fourth-order valence-electron chi connectivity index (χ4n) is 3.17. The number of hydrogen-bond donors (Lipinski definition) is 3. The van der Waals surface area contributed by atoms with Crippen LogP contribution in [-0.2, 0) is 6.42 Å². The maximum atomic E-state index is 12.4. The lowest BCUT2D eigenvalue weighted by Crippen LogP contribution is -2.17. The lowest BCUT2D eigenvalue weighted by atomic mass is 10.1. The minimum Gasteiger partial charge on any atom is -0.497 e. The fourth-order valence-corrected chi connectivity index (χ4v) is 3.17. The molecule has 160 valence electrons. The Morgan fingerprint density at radius 2 is 1.78 bits per heavy atom. The van der Waals surface area contributed by atoms with Gasteiger partial charge in [0.05, 0.1) is 29.9 Å². The molecule has 8 heteroatoms. The highest BCUT2D eigenvalue weighted by molar-refractivity contribution is 5.98. The number of carbonyl (C=O) groups excluding carboxylic acids is 1. The Labute approximate surface area is 183 Å². The molecular formula is C24H20N4O4. The first kappa shape index (κ1) is 20.8. The first-order chi connectivity index (χ1) is 15.5. The second kappa shape index (κ2) is 9.13. The minimum atomic E-state index is -0.997. The fraction of sp³-hybridized carbons (Fsp3) is 0.0833. The van der Waals surface area contributed by atoms with E-state index in [0.29, 0.717) is 17.5 Å². The molecule has 0 saturated carbocycles. The Balaban J connectivity index is 1.42. The molecule has 1 heterocycles. The summed E-state index contributed by atoms with van der Waals surface area (Å²) >= 11 is 0. The first-order valence-corrected chi connectivity index (χ1v) is 9.80. The Bertz CT molecular complexity index is 1290. The highest BCUT2D eigenvalue weighted by Gasteiger charge is 2.09. The van der Waals surface area contributed by atoms with E-state index in [1.54, 1.807) is 37.4 Å². The third kappa shape index (κ3) is 4.81. The lowest BCUT2D eigenvalue weighted by Gasteiger charge is -2.01. The largest absolute Gasteiger partial charge is 0.497 e. The van der Waals surface area contributed by atoms with Crippen molar-refractivity contribution in [2.75, 3.05) is 7.11 Å². The average molecular weight is 428 g/mol. The second-order valence-corrected chi connectivity index (χ2v) is 7.07. The number of benzene rings is 3. The molecule has 0 unspecified atom stereocenters. The number of ether oxygens (including phenoxy) is 1. The number of aromatic amines is 1. The first-order valence-electron chi connectivity index (χ1n) is 9.80. The van der Waals surface area contributed by atoms with Crippen LogP contribution in [0.25, 0.3) is 11.0 Å². The maximum Gasteiger partial charge on any atom is 0.335 e. The van der Waals surface area contributed by atoms with Crippen LogP contribution in [0.5, 0.6) is 5.75 Å². The van der Waals surface area contributed by atoms with Crippen molar-refractivity contribution in [3.63, 3.8) is 0 Å². The number of carboxylic acid groups (broad SMARTS) is 1. The number of nitrogens with zero attached hydrogens (tertiary/aromatic N) is 2. The van der Waals surface area contributed by atoms with E-state index in [1.807, 2.05) is 24.3 Å². The molecule has 0 aliphatic rings. The van der Waals surface area contributed by atoms with Crippen molar-refractivity contribution in [2.24, 2.45) is 5.10 Å². The van der Waals surface area contributed by atoms with E-state index in [0.717, 1.165) is 28.2 Å². The molecule has 32 heavy (non-hydrogen) atoms. The van der Waals surface area contributed by atoms with Gasteiger partial charge in [-0.05, 0) is 53.6 Å². The van der Waals surface area contributed by atoms with Crippen LogP contribution in [0.15, 0.2) is 71.8 Å². The number of fused-ring (bicyclic) bond motifs is 1. The molecule has 0 aliphatic carbocycles. The van der Waals surface area contributed by atoms with Crippen LogP contribution in [0.3, 0.4) is 0 Å². The predicted molar refractivity (Wildman–Crippen MR) is 120 cm³/mol. The number of H-pyrrole nitrogens is 1. The number of hydrogen-bond acceptors (Lipinski definition) is 5. The Morgan fingerprint density at radius 1 is 1.06 bits per heavy atom. The molecular weight excluding hydrogens is 408 g/mol. The Kier molecular flexibility index (Phi) is 5.94. The number of carbonyl (C=O) groups is 2. The van der Waals surface area contributed by atoms with Gasteiger partial charge in [0, 0.05) is 12.0 Å². The van der Waals surface area contributed by atoms with Crippen LogP contribution >= 0.6 is 0 Å². The third-order valence-corrected chi connectivity index (χ3v) is 4.86. The van der Waals surface area contributed by atoms with Crippen molar-refractivity contribution >= 4 is 29.1 Å². The summed E-state index contributed by atoms with van der Waals surface area (Å²) in [6.45, 7) is 0. The molecule has 3 N–H and O–H groups in total. The van der Waals surface area contributed by atoms with Crippen LogP contribution in [0.4, 0.5) is 0 Å². The molecule has 1 aromatic heterocycles. The van der Waals surface area contributed by atoms with Crippen LogP contribution in [-0.4, -0.2) is 40.3 Å². The SMILES string of the molecule is COc1ccc(Cc2nc3ccc(C(=O)N/N=C\c4ccc(C(=O)O)cc4)cc3[nH]2)cc1. The van der Waals surface area contributed by atoms with E-state index in [-0.39, 0.29) is 11.5 Å². The predicted octanol–water partition coefficient (Wildman–Crippen LogP) is 3.62. The minimum absolute atomic E-state index is 0.186. The summed E-state index contributed by atoms with van der Waals surface area (Å²) in [6, 6.07) is 19.1. The molecule has 3 aromatic carbocycles. The number of rotatable bonds is 7. The molecule has 0 bridgehead atoms. The molecule has 0 saturated heterocycles. The summed E-state index contributed by atoms with van der Waals surface area (Å²) in [6.07, 6.45) is 2.08. The van der Waals surface area contributed by atoms with E-state index in [4.69, 9.17) is 9.84 Å². The monoisotopic (exact) mass is 428 g/mol. The van der Waals surface area contributed by atoms with Gasteiger partial charge in [0.2, 0.25) is 0 Å². The van der Waals surface area contributed by atoms with Crippen LogP contribution < -0.4 is 10.2 Å². The van der Waals surface area contributed by atoms with Gasteiger partial charge in [0.1, 0.15) is 11.6 Å². The van der Waals surface area contributed by atoms with Crippen LogP contribution in [0.1, 0.15) is 37.7 Å². The third-order valence-electron chi connectivity index (χ3n) is 4.86. The number of aromatic carboxylic acids is 1. The molecule has 0 aliphatic heterocycles. The molecule has 0 spiro atoms. The van der Waals surface area contributed by atoms with Crippen molar-refractivity contribution in [1.82, 2.24) is 15.4 Å². The zero-order valence-electron chi connectivity index (χ0n) is 17.2. The lowest BCUT2D eigenvalue weighted by molar-refractivity contribution is 0.0696. The normalized spacial score (nSPS) is 11.0. The van der Waals surface area contributed by atoms with Gasteiger partial charge in [0.25, 0.3) is 5.91 Å². The smallest absolute Gasteiger partial charge is 0.335 e. The molecule has 8 nitrogen and oxygen atoms in total. The molecule has 0 atom stereocenters. The topological polar surface area (TPSA) is 117 Å². The van der Waals surface area contributed by atoms with Crippen molar-refractivity contribution in [1.29, 1.82) is 0 Å². The number of amides is 1. The van der Waals surface area contributed by atoms with E-state index in [2.05, 4.69) is 20.5 Å². The van der Waals surface area contributed by atoms with E-state index >= 15 is 0 Å². The summed E-state index contributed by atoms with van der Waals surface area (Å²) < 4.78 is 5.18. The van der Waals surface area contributed by atoms with E-state index in [9.17, 15) is 9.59 Å². The summed E-state index contributed by atoms with van der Waals surface area (Å²) in [5, 5.41) is 12.9. The van der Waals surface area contributed by atoms with Gasteiger partial charge in [-0.3, -0.25) is 4.79 Å². The van der Waals surface area contributed by atoms with Gasteiger partial charge in [-0.15, -0.1) is 0 Å². The zero-order chi connectivity index (χ0) is 22.5. The standard InChI is InChI=1S/C24H20N4O4/c1-32-19-9-4-15(5-10-19)12-22-26-20-11-8-18(13-21(20)27-22)23(29)28-25-14-16-2-6-17(7-3-16)24(30)31/h2-11,13-14H,12H2,1H3,(H,26,27)(H,28,29)(H,30,31)/b25-14-. The summed E-state index contributed by atoms with van der Waals surface area (Å²) in [5.41, 5.74) is 6.39. The number of carboxylic acids is 1. The van der Waals surface area contributed by atoms with Crippen molar-refractivity contribution in [2.45, 2.75) is 6.42 Å². The molecule has 4 aromatic rings. The number of hydrazone groups is 1. The number of nitrogens with one attached hydrogen (secondary N) is 2. The highest BCUT2D eigenvalue weighted by atomic mass is 16.5. The van der Waals surface area contributed by atoms with Crippen molar-refractivity contribution in [3.8, 4) is 5.75 Å². The number of aromatic nitrogens is 2. The van der Waals surface area contributed by atoms with Gasteiger partial charge in [-0.1, -0.05) is 24.3 Å². The zero-order valence-corrected chi connectivity index (χ0v) is 17.2.